The molecule has 82 valence electrons. The van der Waals surface area contributed by atoms with Crippen molar-refractivity contribution in [2.75, 3.05) is 5.73 Å². The van der Waals surface area contributed by atoms with Crippen LogP contribution < -0.4 is 5.73 Å². The molecule has 16 heavy (non-hydrogen) atoms. The van der Waals surface area contributed by atoms with Crippen molar-refractivity contribution in [3.63, 3.8) is 0 Å². The van der Waals surface area contributed by atoms with E-state index in [1.54, 1.807) is 17.1 Å². The molecule has 2 aromatic rings. The number of hydrogen-bond donors (Lipinski definition) is 1. The van der Waals surface area contributed by atoms with Crippen LogP contribution in [0.4, 0.5) is 5.69 Å². The zero-order valence-electron chi connectivity index (χ0n) is 8.55. The van der Waals surface area contributed by atoms with Gasteiger partial charge in [0.15, 0.2) is 5.82 Å². The molecule has 1 aromatic carbocycles. The van der Waals surface area contributed by atoms with E-state index in [4.69, 9.17) is 17.3 Å². The molecule has 2 rings (SSSR count). The van der Waals surface area contributed by atoms with Crippen molar-refractivity contribution >= 4 is 17.3 Å². The molecule has 0 saturated heterocycles. The van der Waals surface area contributed by atoms with E-state index in [-0.39, 0.29) is 0 Å². The standard InChI is InChI=1S/C11H11ClN4/c12-6-1-7-16-8-14-11(15-16)9-2-4-10(13)5-3-9/h1-6,8H,7,13H2/b6-1+. The van der Waals surface area contributed by atoms with Crippen LogP contribution in [-0.4, -0.2) is 14.8 Å². The fourth-order valence-electron chi connectivity index (χ4n) is 1.29. The van der Waals surface area contributed by atoms with Crippen LogP contribution in [0.2, 0.25) is 0 Å². The van der Waals surface area contributed by atoms with Gasteiger partial charge in [0, 0.05) is 16.8 Å². The molecule has 0 bridgehead atoms. The van der Waals surface area contributed by atoms with Gasteiger partial charge in [-0.3, -0.25) is 0 Å². The van der Waals surface area contributed by atoms with Crippen LogP contribution in [0.3, 0.4) is 0 Å². The molecule has 0 saturated carbocycles. The van der Waals surface area contributed by atoms with E-state index in [0.717, 1.165) is 11.3 Å². The lowest BCUT2D eigenvalue weighted by atomic mass is 10.2. The summed E-state index contributed by atoms with van der Waals surface area (Å²) in [6.07, 6.45) is 3.46. The normalized spacial score (nSPS) is 11.1. The lowest BCUT2D eigenvalue weighted by molar-refractivity contribution is 0.702. The molecule has 0 radical (unpaired) electrons. The maximum atomic E-state index is 5.61. The fourth-order valence-corrected chi connectivity index (χ4v) is 1.37. The first kappa shape index (κ1) is 10.7. The monoisotopic (exact) mass is 234 g/mol. The summed E-state index contributed by atoms with van der Waals surface area (Å²) in [7, 11) is 0. The third-order valence-electron chi connectivity index (χ3n) is 2.09. The van der Waals surface area contributed by atoms with Gasteiger partial charge in [0.05, 0.1) is 6.54 Å². The third kappa shape index (κ3) is 2.41. The predicted molar refractivity (Wildman–Crippen MR) is 64.9 cm³/mol. The van der Waals surface area contributed by atoms with Crippen LogP contribution in [0, 0.1) is 0 Å². The second-order valence-electron chi connectivity index (χ2n) is 3.27. The van der Waals surface area contributed by atoms with Crippen LogP contribution in [-0.2, 0) is 6.54 Å². The van der Waals surface area contributed by atoms with Gasteiger partial charge in [0.25, 0.3) is 0 Å². The van der Waals surface area contributed by atoms with E-state index in [1.807, 2.05) is 24.3 Å². The molecular formula is C11H11ClN4. The molecule has 0 aliphatic rings. The van der Waals surface area contributed by atoms with Gasteiger partial charge >= 0.3 is 0 Å². The highest BCUT2D eigenvalue weighted by Gasteiger charge is 2.02. The molecule has 1 heterocycles. The molecule has 4 nitrogen and oxygen atoms in total. The molecule has 0 aliphatic carbocycles. The Hall–Kier alpha value is -1.81. The van der Waals surface area contributed by atoms with Crippen LogP contribution in [0.5, 0.6) is 0 Å². The molecule has 0 aliphatic heterocycles. The summed E-state index contributed by atoms with van der Waals surface area (Å²) < 4.78 is 1.71. The number of nitrogens with two attached hydrogens (primary N) is 1. The molecule has 0 amide bonds. The van der Waals surface area contributed by atoms with Gasteiger partial charge < -0.3 is 5.73 Å². The molecular weight excluding hydrogens is 224 g/mol. The van der Waals surface area contributed by atoms with Crippen molar-refractivity contribution in [1.29, 1.82) is 0 Å². The Morgan fingerprint density at radius 1 is 1.31 bits per heavy atom. The van der Waals surface area contributed by atoms with Crippen molar-refractivity contribution < 1.29 is 0 Å². The maximum absolute atomic E-state index is 5.61. The van der Waals surface area contributed by atoms with Gasteiger partial charge in [0.2, 0.25) is 0 Å². The number of nitrogen functional groups attached to an aromatic ring is 1. The summed E-state index contributed by atoms with van der Waals surface area (Å²) >= 11 is 5.44. The van der Waals surface area contributed by atoms with Crippen molar-refractivity contribution in [3.05, 3.63) is 42.2 Å². The molecule has 0 fully saturated rings. The number of halogens is 1. The Balaban J connectivity index is 2.21. The largest absolute Gasteiger partial charge is 0.399 e. The summed E-state index contributed by atoms with van der Waals surface area (Å²) in [6.45, 7) is 0.617. The zero-order chi connectivity index (χ0) is 11.4. The van der Waals surface area contributed by atoms with Gasteiger partial charge in [0.1, 0.15) is 6.33 Å². The van der Waals surface area contributed by atoms with E-state index >= 15 is 0 Å². The molecule has 1 aromatic heterocycles. The predicted octanol–water partition coefficient (Wildman–Crippen LogP) is 2.28. The smallest absolute Gasteiger partial charge is 0.181 e. The maximum Gasteiger partial charge on any atom is 0.181 e. The minimum absolute atomic E-state index is 0.617. The highest BCUT2D eigenvalue weighted by atomic mass is 35.5. The lowest BCUT2D eigenvalue weighted by Crippen LogP contribution is -1.95. The Morgan fingerprint density at radius 2 is 2.06 bits per heavy atom. The van der Waals surface area contributed by atoms with Crippen LogP contribution in [0.1, 0.15) is 0 Å². The number of rotatable bonds is 3. The Kier molecular flexibility index (Phi) is 3.22. The highest BCUT2D eigenvalue weighted by molar-refractivity contribution is 6.25. The van der Waals surface area contributed by atoms with Crippen molar-refractivity contribution in [1.82, 2.24) is 14.8 Å². The topological polar surface area (TPSA) is 56.7 Å². The average molecular weight is 235 g/mol. The molecule has 5 heteroatoms. The summed E-state index contributed by atoms with van der Waals surface area (Å²) in [5, 5.41) is 4.30. The van der Waals surface area contributed by atoms with E-state index < -0.39 is 0 Å². The lowest BCUT2D eigenvalue weighted by Gasteiger charge is -1.96. The van der Waals surface area contributed by atoms with Crippen molar-refractivity contribution in [3.8, 4) is 11.4 Å². The number of benzene rings is 1. The summed E-state index contributed by atoms with van der Waals surface area (Å²) in [5.74, 6) is 0.683. The van der Waals surface area contributed by atoms with E-state index in [1.165, 1.54) is 5.54 Å². The molecule has 0 unspecified atom stereocenters. The average Bonchev–Trinajstić information content (AvgIpc) is 2.76. The second-order valence-corrected chi connectivity index (χ2v) is 3.53. The molecule has 0 atom stereocenters. The SMILES string of the molecule is Nc1ccc(-c2ncn(C/C=C/Cl)n2)cc1. The van der Waals surface area contributed by atoms with Crippen molar-refractivity contribution in [2.45, 2.75) is 6.54 Å². The Labute approximate surface area is 98.4 Å². The Bertz CT molecular complexity index is 487. The first-order chi connectivity index (χ1) is 7.79. The fraction of sp³-hybridized carbons (Fsp3) is 0.0909. The first-order valence-corrected chi connectivity index (χ1v) is 5.24. The van der Waals surface area contributed by atoms with Crippen LogP contribution >= 0.6 is 11.6 Å². The van der Waals surface area contributed by atoms with E-state index in [0.29, 0.717) is 12.4 Å². The zero-order valence-corrected chi connectivity index (χ0v) is 9.30. The minimum atomic E-state index is 0.617. The molecule has 2 N–H and O–H groups in total. The second kappa shape index (κ2) is 4.81. The summed E-state index contributed by atoms with van der Waals surface area (Å²) in [4.78, 5) is 4.20. The van der Waals surface area contributed by atoms with Crippen LogP contribution in [0.25, 0.3) is 11.4 Å². The van der Waals surface area contributed by atoms with Gasteiger partial charge in [-0.1, -0.05) is 17.7 Å². The number of hydrogen-bond acceptors (Lipinski definition) is 3. The minimum Gasteiger partial charge on any atom is -0.399 e. The van der Waals surface area contributed by atoms with Crippen LogP contribution in [0.15, 0.2) is 42.2 Å². The first-order valence-electron chi connectivity index (χ1n) is 4.80. The number of aromatic nitrogens is 3. The number of allylic oxidation sites excluding steroid dienone is 1. The quantitative estimate of drug-likeness (QED) is 0.829. The third-order valence-corrected chi connectivity index (χ3v) is 2.27. The summed E-state index contributed by atoms with van der Waals surface area (Å²) in [6, 6.07) is 7.45. The number of anilines is 1. The van der Waals surface area contributed by atoms with E-state index in [9.17, 15) is 0 Å². The highest BCUT2D eigenvalue weighted by Crippen LogP contribution is 2.15. The van der Waals surface area contributed by atoms with Crippen molar-refractivity contribution in [2.24, 2.45) is 0 Å². The van der Waals surface area contributed by atoms with E-state index in [2.05, 4.69) is 10.1 Å². The van der Waals surface area contributed by atoms with Gasteiger partial charge in [-0.2, -0.15) is 5.10 Å². The van der Waals surface area contributed by atoms with Gasteiger partial charge in [-0.25, -0.2) is 9.67 Å². The summed E-state index contributed by atoms with van der Waals surface area (Å²) in [5.41, 5.74) is 8.75. The van der Waals surface area contributed by atoms with Gasteiger partial charge in [-0.05, 0) is 24.3 Å². The Morgan fingerprint density at radius 3 is 2.75 bits per heavy atom. The number of nitrogens with zero attached hydrogens (tertiary/aromatic N) is 3. The van der Waals surface area contributed by atoms with Gasteiger partial charge in [-0.15, -0.1) is 0 Å². The molecule has 0 spiro atoms.